The Bertz CT molecular complexity index is 1450. The summed E-state index contributed by atoms with van der Waals surface area (Å²) in [5, 5.41) is 4.91. The lowest BCUT2D eigenvalue weighted by molar-refractivity contribution is -0.123. The average molecular weight is 526 g/mol. The first-order valence-electron chi connectivity index (χ1n) is 12.3. The molecule has 7 heteroatoms. The molecule has 0 N–H and O–H groups in total. The number of thiocarbonyl (C=S) groups is 1. The summed E-state index contributed by atoms with van der Waals surface area (Å²) in [6, 6.07) is 27.6. The van der Waals surface area contributed by atoms with Crippen LogP contribution in [0.4, 0.5) is 0 Å². The summed E-state index contributed by atoms with van der Waals surface area (Å²) in [5.74, 6) is 0.701. The highest BCUT2D eigenvalue weighted by atomic mass is 32.2. The topological polar surface area (TPSA) is 47.4 Å². The van der Waals surface area contributed by atoms with E-state index in [4.69, 9.17) is 22.1 Å². The molecule has 3 aromatic carbocycles. The third-order valence-corrected chi connectivity index (χ3v) is 7.45. The van der Waals surface area contributed by atoms with Crippen LogP contribution in [-0.4, -0.2) is 31.5 Å². The second-order valence-corrected chi connectivity index (χ2v) is 10.4. The maximum absolute atomic E-state index is 13.5. The molecular formula is C30H27N3O2S2. The van der Waals surface area contributed by atoms with Gasteiger partial charge < -0.3 is 4.74 Å². The minimum atomic E-state index is -0.154. The van der Waals surface area contributed by atoms with Crippen molar-refractivity contribution in [2.75, 3.05) is 6.61 Å². The van der Waals surface area contributed by atoms with Crippen molar-refractivity contribution in [1.82, 2.24) is 14.7 Å². The second kappa shape index (κ2) is 11.2. The van der Waals surface area contributed by atoms with Crippen molar-refractivity contribution in [1.29, 1.82) is 0 Å². The Morgan fingerprint density at radius 2 is 1.76 bits per heavy atom. The zero-order chi connectivity index (χ0) is 25.8. The van der Waals surface area contributed by atoms with Gasteiger partial charge in [-0.05, 0) is 49.2 Å². The van der Waals surface area contributed by atoms with E-state index in [2.05, 4.69) is 6.92 Å². The first-order valence-corrected chi connectivity index (χ1v) is 13.5. The molecule has 0 bridgehead atoms. The van der Waals surface area contributed by atoms with Crippen LogP contribution in [0, 0.1) is 0 Å². The predicted octanol–water partition coefficient (Wildman–Crippen LogP) is 7.29. The maximum Gasteiger partial charge on any atom is 0.266 e. The highest BCUT2D eigenvalue weighted by molar-refractivity contribution is 8.26. The minimum absolute atomic E-state index is 0.0928. The number of carbonyl (C=O) groups excluding carboxylic acids is 1. The maximum atomic E-state index is 13.5. The van der Waals surface area contributed by atoms with Gasteiger partial charge >= 0.3 is 0 Å². The molecule has 186 valence electrons. The number of benzene rings is 3. The number of rotatable bonds is 8. The fourth-order valence-electron chi connectivity index (χ4n) is 4.22. The molecule has 1 atom stereocenters. The van der Waals surface area contributed by atoms with Crippen molar-refractivity contribution < 1.29 is 9.53 Å². The lowest BCUT2D eigenvalue weighted by atomic mass is 10.1. The Balaban J connectivity index is 1.54. The van der Waals surface area contributed by atoms with Crippen LogP contribution in [0.1, 0.15) is 37.4 Å². The van der Waals surface area contributed by atoms with Gasteiger partial charge in [0.1, 0.15) is 15.8 Å². The summed E-state index contributed by atoms with van der Waals surface area (Å²) in [4.78, 5) is 15.8. The molecule has 1 amide bonds. The summed E-state index contributed by atoms with van der Waals surface area (Å²) >= 11 is 6.97. The highest BCUT2D eigenvalue weighted by Crippen LogP contribution is 2.39. The molecule has 1 saturated heterocycles. The Hall–Kier alpha value is -3.68. The number of amides is 1. The number of aromatic nitrogens is 2. The number of ether oxygens (including phenoxy) is 1. The van der Waals surface area contributed by atoms with Gasteiger partial charge in [0.05, 0.1) is 23.2 Å². The SMILES string of the molecule is CCCOc1cccc(-c2nn(-c3ccccc3)cc2/C=C2\SC(=S)N([C@@H](C)c3ccccc3)C2=O)c1. The lowest BCUT2D eigenvalue weighted by Gasteiger charge is -2.23. The van der Waals surface area contributed by atoms with E-state index < -0.39 is 0 Å². The van der Waals surface area contributed by atoms with E-state index >= 15 is 0 Å². The Morgan fingerprint density at radius 1 is 1.03 bits per heavy atom. The van der Waals surface area contributed by atoms with Crippen LogP contribution in [0.25, 0.3) is 23.0 Å². The standard InChI is InChI=1S/C30H27N3O2S2/c1-3-17-35-26-16-10-13-23(18-26)28-24(20-32(31-28)25-14-8-5-9-15-25)19-27-29(34)33(30(36)37-27)21(2)22-11-6-4-7-12-22/h4-16,18-21H,3,17H2,1-2H3/b27-19-/t21-/m0/s1. The van der Waals surface area contributed by atoms with E-state index in [-0.39, 0.29) is 11.9 Å². The molecule has 0 spiro atoms. The Kier molecular flexibility index (Phi) is 7.53. The molecule has 0 aliphatic carbocycles. The first kappa shape index (κ1) is 25.0. The summed E-state index contributed by atoms with van der Waals surface area (Å²) in [7, 11) is 0. The van der Waals surface area contributed by atoms with Crippen LogP contribution >= 0.6 is 24.0 Å². The summed E-state index contributed by atoms with van der Waals surface area (Å²) in [6.07, 6.45) is 4.79. The third-order valence-electron chi connectivity index (χ3n) is 6.12. The lowest BCUT2D eigenvalue weighted by Crippen LogP contribution is -2.30. The van der Waals surface area contributed by atoms with Crippen molar-refractivity contribution in [3.63, 3.8) is 0 Å². The fourth-order valence-corrected chi connectivity index (χ4v) is 5.63. The number of nitrogens with zero attached hydrogens (tertiary/aromatic N) is 3. The second-order valence-electron chi connectivity index (χ2n) is 8.73. The third kappa shape index (κ3) is 5.38. The average Bonchev–Trinajstić information content (AvgIpc) is 3.48. The zero-order valence-electron chi connectivity index (χ0n) is 20.7. The molecule has 4 aromatic rings. The van der Waals surface area contributed by atoms with Crippen LogP contribution in [0.2, 0.25) is 0 Å². The van der Waals surface area contributed by atoms with Crippen LogP contribution in [0.5, 0.6) is 5.75 Å². The fraction of sp³-hybridized carbons (Fsp3) is 0.167. The number of carbonyl (C=O) groups is 1. The van der Waals surface area contributed by atoms with Crippen molar-refractivity contribution in [2.24, 2.45) is 0 Å². The molecule has 2 heterocycles. The van der Waals surface area contributed by atoms with Gasteiger partial charge in [0.25, 0.3) is 5.91 Å². The van der Waals surface area contributed by atoms with Gasteiger partial charge in [0, 0.05) is 17.3 Å². The molecule has 1 aliphatic rings. The predicted molar refractivity (Wildman–Crippen MR) is 155 cm³/mol. The summed E-state index contributed by atoms with van der Waals surface area (Å²) in [5.41, 5.74) is 4.51. The molecule has 5 rings (SSSR count). The van der Waals surface area contributed by atoms with E-state index in [0.717, 1.165) is 40.2 Å². The monoisotopic (exact) mass is 525 g/mol. The van der Waals surface area contributed by atoms with Gasteiger partial charge in [-0.15, -0.1) is 0 Å². The molecular weight excluding hydrogens is 498 g/mol. The summed E-state index contributed by atoms with van der Waals surface area (Å²) < 4.78 is 8.26. The van der Waals surface area contributed by atoms with Crippen molar-refractivity contribution in [3.05, 3.63) is 107 Å². The normalized spacial score (nSPS) is 15.4. The molecule has 1 fully saturated rings. The quantitative estimate of drug-likeness (QED) is 0.179. The smallest absolute Gasteiger partial charge is 0.266 e. The van der Waals surface area contributed by atoms with E-state index in [1.54, 1.807) is 4.90 Å². The zero-order valence-corrected chi connectivity index (χ0v) is 22.3. The number of hydrogen-bond acceptors (Lipinski definition) is 5. The van der Waals surface area contributed by atoms with Crippen molar-refractivity contribution >= 4 is 40.3 Å². The first-order chi connectivity index (χ1) is 18.0. The van der Waals surface area contributed by atoms with Crippen LogP contribution in [0.15, 0.2) is 96.0 Å². The number of para-hydroxylation sites is 1. The molecule has 37 heavy (non-hydrogen) atoms. The van der Waals surface area contributed by atoms with Gasteiger partial charge in [0.15, 0.2) is 0 Å². The van der Waals surface area contributed by atoms with E-state index in [9.17, 15) is 4.79 Å². The molecule has 0 saturated carbocycles. The number of hydrogen-bond donors (Lipinski definition) is 0. The van der Waals surface area contributed by atoms with Gasteiger partial charge in [-0.25, -0.2) is 4.68 Å². The van der Waals surface area contributed by atoms with Crippen molar-refractivity contribution in [2.45, 2.75) is 26.3 Å². The van der Waals surface area contributed by atoms with E-state index in [0.29, 0.717) is 15.8 Å². The van der Waals surface area contributed by atoms with E-state index in [1.807, 2.05) is 109 Å². The molecule has 0 radical (unpaired) electrons. The van der Waals surface area contributed by atoms with Gasteiger partial charge in [-0.2, -0.15) is 5.10 Å². The van der Waals surface area contributed by atoms with Crippen LogP contribution < -0.4 is 4.74 Å². The van der Waals surface area contributed by atoms with E-state index in [1.165, 1.54) is 11.8 Å². The van der Waals surface area contributed by atoms with Crippen LogP contribution in [0.3, 0.4) is 0 Å². The highest BCUT2D eigenvalue weighted by Gasteiger charge is 2.36. The van der Waals surface area contributed by atoms with Gasteiger partial charge in [0.2, 0.25) is 0 Å². The molecule has 1 aliphatic heterocycles. The van der Waals surface area contributed by atoms with Gasteiger partial charge in [-0.1, -0.05) is 91.6 Å². The van der Waals surface area contributed by atoms with Crippen molar-refractivity contribution in [3.8, 4) is 22.7 Å². The molecule has 1 aromatic heterocycles. The van der Waals surface area contributed by atoms with Crippen LogP contribution in [-0.2, 0) is 4.79 Å². The Labute approximate surface area is 226 Å². The minimum Gasteiger partial charge on any atom is -0.494 e. The Morgan fingerprint density at radius 3 is 2.49 bits per heavy atom. The van der Waals surface area contributed by atoms with Gasteiger partial charge in [-0.3, -0.25) is 9.69 Å². The number of thioether (sulfide) groups is 1. The molecule has 0 unspecified atom stereocenters. The summed E-state index contributed by atoms with van der Waals surface area (Å²) in [6.45, 7) is 4.73. The largest absolute Gasteiger partial charge is 0.494 e. The molecule has 5 nitrogen and oxygen atoms in total.